The lowest BCUT2D eigenvalue weighted by Crippen LogP contribution is -2.34. The Morgan fingerprint density at radius 2 is 2.03 bits per heavy atom. The van der Waals surface area contributed by atoms with Crippen LogP contribution < -0.4 is 5.32 Å². The van der Waals surface area contributed by atoms with Gasteiger partial charge in [-0.2, -0.15) is 5.10 Å². The Balaban J connectivity index is 1.25. The number of oxazole rings is 1. The second-order valence-electron chi connectivity index (χ2n) is 8.03. The van der Waals surface area contributed by atoms with Crippen LogP contribution >= 0.6 is 0 Å². The van der Waals surface area contributed by atoms with Crippen LogP contribution in [0.15, 0.2) is 47.1 Å². The minimum atomic E-state index is -0.116. The average Bonchev–Trinajstić information content (AvgIpc) is 3.33. The summed E-state index contributed by atoms with van der Waals surface area (Å²) in [5.41, 5.74) is 2.40. The second-order valence-corrected chi connectivity index (χ2v) is 8.03. The number of anilines is 1. The number of aromatic amines is 1. The van der Waals surface area contributed by atoms with E-state index in [4.69, 9.17) is 4.42 Å². The third kappa shape index (κ3) is 4.10. The first kappa shape index (κ1) is 18.1. The molecule has 2 aliphatic rings. The van der Waals surface area contributed by atoms with Gasteiger partial charge in [0.25, 0.3) is 5.91 Å². The lowest BCUT2D eigenvalue weighted by atomic mass is 9.94. The smallest absolute Gasteiger partial charge is 0.255 e. The van der Waals surface area contributed by atoms with E-state index in [0.29, 0.717) is 17.4 Å². The fourth-order valence-corrected chi connectivity index (χ4v) is 4.06. The van der Waals surface area contributed by atoms with Gasteiger partial charge in [-0.15, -0.1) is 0 Å². The van der Waals surface area contributed by atoms with Crippen LogP contribution in [-0.2, 0) is 6.54 Å². The number of nitrogens with one attached hydrogen (secondary N) is 2. The van der Waals surface area contributed by atoms with Crippen molar-refractivity contribution in [1.82, 2.24) is 20.1 Å². The Morgan fingerprint density at radius 1 is 1.17 bits per heavy atom. The van der Waals surface area contributed by atoms with Crippen LogP contribution in [-0.4, -0.2) is 39.1 Å². The molecule has 29 heavy (non-hydrogen) atoms. The fourth-order valence-electron chi connectivity index (χ4n) is 4.06. The number of nitrogens with zero attached hydrogens (tertiary/aromatic N) is 3. The number of amides is 1. The van der Waals surface area contributed by atoms with Crippen molar-refractivity contribution in [3.63, 3.8) is 0 Å². The van der Waals surface area contributed by atoms with E-state index in [0.717, 1.165) is 55.5 Å². The molecule has 7 nitrogen and oxygen atoms in total. The number of hydrogen-bond donors (Lipinski definition) is 2. The van der Waals surface area contributed by atoms with Gasteiger partial charge in [0.05, 0.1) is 30.3 Å². The van der Waals surface area contributed by atoms with Crippen LogP contribution in [0.2, 0.25) is 0 Å². The summed E-state index contributed by atoms with van der Waals surface area (Å²) in [4.78, 5) is 19.4. The summed E-state index contributed by atoms with van der Waals surface area (Å²) in [6.45, 7) is 2.71. The minimum absolute atomic E-state index is 0.116. The first-order valence-corrected chi connectivity index (χ1v) is 10.3. The number of H-pyrrole nitrogens is 1. The summed E-state index contributed by atoms with van der Waals surface area (Å²) in [6, 6.07) is 9.25. The maximum absolute atomic E-state index is 12.5. The van der Waals surface area contributed by atoms with E-state index in [9.17, 15) is 4.79 Å². The molecule has 2 N–H and O–H groups in total. The van der Waals surface area contributed by atoms with Crippen molar-refractivity contribution in [2.24, 2.45) is 0 Å². The van der Waals surface area contributed by atoms with Gasteiger partial charge in [-0.05, 0) is 44.4 Å². The predicted molar refractivity (Wildman–Crippen MR) is 109 cm³/mol. The molecule has 1 aromatic carbocycles. The number of piperidine rings is 1. The quantitative estimate of drug-likeness (QED) is 0.665. The van der Waals surface area contributed by atoms with E-state index in [1.54, 1.807) is 6.20 Å². The van der Waals surface area contributed by atoms with Crippen molar-refractivity contribution < 1.29 is 9.21 Å². The zero-order valence-corrected chi connectivity index (χ0v) is 16.3. The fraction of sp³-hybridized carbons (Fsp3) is 0.409. The molecule has 1 unspecified atom stereocenters. The summed E-state index contributed by atoms with van der Waals surface area (Å²) < 4.78 is 5.93. The van der Waals surface area contributed by atoms with Crippen molar-refractivity contribution in [3.8, 4) is 0 Å². The first-order valence-electron chi connectivity index (χ1n) is 10.3. The molecule has 1 atom stereocenters. The summed E-state index contributed by atoms with van der Waals surface area (Å²) in [7, 11) is 0. The Kier molecular flexibility index (Phi) is 4.89. The van der Waals surface area contributed by atoms with Crippen LogP contribution in [0.5, 0.6) is 0 Å². The van der Waals surface area contributed by atoms with E-state index in [1.807, 2.05) is 36.5 Å². The summed E-state index contributed by atoms with van der Waals surface area (Å²) in [6.07, 6.45) is 8.13. The number of likely N-dealkylation sites (tertiary alicyclic amines) is 1. The number of carbonyl (C=O) groups excluding carboxylic acids is 1. The van der Waals surface area contributed by atoms with Gasteiger partial charge in [-0.3, -0.25) is 14.8 Å². The zero-order valence-electron chi connectivity index (χ0n) is 16.3. The van der Waals surface area contributed by atoms with Crippen LogP contribution in [0.1, 0.15) is 65.2 Å². The highest BCUT2D eigenvalue weighted by Gasteiger charge is 2.30. The third-order valence-corrected chi connectivity index (χ3v) is 5.74. The Hall–Kier alpha value is -2.93. The van der Waals surface area contributed by atoms with Crippen molar-refractivity contribution in [1.29, 1.82) is 0 Å². The summed E-state index contributed by atoms with van der Waals surface area (Å²) in [5.74, 6) is 2.56. The summed E-state index contributed by atoms with van der Waals surface area (Å²) in [5, 5.41) is 10.3. The highest BCUT2D eigenvalue weighted by Crippen LogP contribution is 2.39. The standard InChI is InChI=1S/C22H25N5O2/c28-21(15-5-2-1-3-6-15)25-19-12-24-26-20(19)17-7-4-10-27(13-17)14-18-11-23-22(29-18)16-8-9-16/h1-3,5-6,11-12,16-17H,4,7-10,13-14H2,(H,24,26)(H,25,28). The highest BCUT2D eigenvalue weighted by molar-refractivity contribution is 6.04. The van der Waals surface area contributed by atoms with Crippen molar-refractivity contribution in [3.05, 3.63) is 65.6 Å². The number of benzene rings is 1. The van der Waals surface area contributed by atoms with Gasteiger partial charge in [-0.25, -0.2) is 4.98 Å². The molecule has 7 heteroatoms. The van der Waals surface area contributed by atoms with Crippen LogP contribution in [0.25, 0.3) is 0 Å². The molecule has 1 aliphatic heterocycles. The molecule has 3 aromatic rings. The van der Waals surface area contributed by atoms with Gasteiger partial charge >= 0.3 is 0 Å². The molecular formula is C22H25N5O2. The molecule has 0 bridgehead atoms. The van der Waals surface area contributed by atoms with Gasteiger partial charge < -0.3 is 9.73 Å². The lowest BCUT2D eigenvalue weighted by molar-refractivity contribution is 0.102. The first-order chi connectivity index (χ1) is 14.3. The van der Waals surface area contributed by atoms with Crippen molar-refractivity contribution in [2.45, 2.75) is 44.1 Å². The maximum atomic E-state index is 12.5. The molecule has 1 amide bonds. The SMILES string of the molecule is O=C(Nc1cn[nH]c1C1CCCN(Cc2cnc(C3CC3)o2)C1)c1ccccc1. The minimum Gasteiger partial charge on any atom is -0.444 e. The van der Waals surface area contributed by atoms with E-state index < -0.39 is 0 Å². The van der Waals surface area contributed by atoms with E-state index >= 15 is 0 Å². The number of hydrogen-bond acceptors (Lipinski definition) is 5. The van der Waals surface area contributed by atoms with Gasteiger partial charge in [0.1, 0.15) is 5.76 Å². The molecule has 0 spiro atoms. The van der Waals surface area contributed by atoms with E-state index in [1.165, 1.54) is 12.8 Å². The van der Waals surface area contributed by atoms with Crippen molar-refractivity contribution >= 4 is 11.6 Å². The molecule has 2 fully saturated rings. The van der Waals surface area contributed by atoms with Gasteiger partial charge in [-0.1, -0.05) is 18.2 Å². The molecule has 150 valence electrons. The van der Waals surface area contributed by atoms with Crippen LogP contribution in [0, 0.1) is 0 Å². The van der Waals surface area contributed by atoms with Crippen molar-refractivity contribution in [2.75, 3.05) is 18.4 Å². The van der Waals surface area contributed by atoms with E-state index in [-0.39, 0.29) is 5.91 Å². The predicted octanol–water partition coefficient (Wildman–Crippen LogP) is 3.91. The second kappa shape index (κ2) is 7.83. The topological polar surface area (TPSA) is 87.0 Å². The number of aromatic nitrogens is 3. The lowest BCUT2D eigenvalue weighted by Gasteiger charge is -2.31. The average molecular weight is 391 g/mol. The molecular weight excluding hydrogens is 366 g/mol. The molecule has 3 heterocycles. The van der Waals surface area contributed by atoms with Gasteiger partial charge in [0, 0.05) is 23.9 Å². The Morgan fingerprint density at radius 3 is 2.86 bits per heavy atom. The highest BCUT2D eigenvalue weighted by atomic mass is 16.4. The van der Waals surface area contributed by atoms with Gasteiger partial charge in [0.2, 0.25) is 0 Å². The van der Waals surface area contributed by atoms with E-state index in [2.05, 4.69) is 25.4 Å². The Bertz CT molecular complexity index is 976. The molecule has 1 aliphatic carbocycles. The number of carbonyl (C=O) groups is 1. The van der Waals surface area contributed by atoms with Crippen LogP contribution in [0.4, 0.5) is 5.69 Å². The zero-order chi connectivity index (χ0) is 19.6. The third-order valence-electron chi connectivity index (χ3n) is 5.74. The maximum Gasteiger partial charge on any atom is 0.255 e. The monoisotopic (exact) mass is 391 g/mol. The molecule has 1 saturated carbocycles. The normalized spacial score (nSPS) is 19.9. The molecule has 5 rings (SSSR count). The van der Waals surface area contributed by atoms with Crippen LogP contribution in [0.3, 0.4) is 0 Å². The Labute approximate surface area is 169 Å². The largest absolute Gasteiger partial charge is 0.444 e. The molecule has 2 aromatic heterocycles. The van der Waals surface area contributed by atoms with Gasteiger partial charge in [0.15, 0.2) is 5.89 Å². The number of rotatable bonds is 6. The molecule has 1 saturated heterocycles. The summed E-state index contributed by atoms with van der Waals surface area (Å²) >= 11 is 0. The molecule has 0 radical (unpaired) electrons.